The van der Waals surface area contributed by atoms with Crippen LogP contribution in [0.25, 0.3) is 0 Å². The largest absolute Gasteiger partial charge is 0.481 e. The Kier molecular flexibility index (Phi) is 5.23. The van der Waals surface area contributed by atoms with Crippen LogP contribution in [0.5, 0.6) is 0 Å². The van der Waals surface area contributed by atoms with E-state index in [0.29, 0.717) is 25.3 Å². The summed E-state index contributed by atoms with van der Waals surface area (Å²) in [6.45, 7) is 0.916. The molecule has 0 aromatic rings. The number of aliphatic carboxylic acids is 1. The summed E-state index contributed by atoms with van der Waals surface area (Å²) < 4.78 is 0. The third-order valence-electron chi connectivity index (χ3n) is 4.59. The third kappa shape index (κ3) is 3.95. The van der Waals surface area contributed by atoms with E-state index in [1.807, 2.05) is 0 Å². The summed E-state index contributed by atoms with van der Waals surface area (Å²) >= 11 is 0. The highest BCUT2D eigenvalue weighted by Gasteiger charge is 2.35. The molecule has 0 radical (unpaired) electrons. The maximum absolute atomic E-state index is 12.3. The van der Waals surface area contributed by atoms with Crippen LogP contribution in [0.15, 0.2) is 0 Å². The van der Waals surface area contributed by atoms with Gasteiger partial charge in [0, 0.05) is 25.4 Å². The first-order valence-corrected chi connectivity index (χ1v) is 7.70. The van der Waals surface area contributed by atoms with Crippen molar-refractivity contribution in [2.24, 2.45) is 5.92 Å². The second-order valence-electron chi connectivity index (χ2n) is 5.94. The molecule has 1 heterocycles. The van der Waals surface area contributed by atoms with Crippen LogP contribution in [-0.2, 0) is 9.59 Å². The Labute approximate surface area is 115 Å². The van der Waals surface area contributed by atoms with Crippen LogP contribution < -0.4 is 0 Å². The highest BCUT2D eigenvalue weighted by Crippen LogP contribution is 2.35. The van der Waals surface area contributed by atoms with Crippen LogP contribution in [0.3, 0.4) is 0 Å². The van der Waals surface area contributed by atoms with Gasteiger partial charge in [0.2, 0.25) is 5.91 Å². The molecule has 0 bridgehead atoms. The van der Waals surface area contributed by atoms with E-state index < -0.39 is 5.97 Å². The Hall–Kier alpha value is -1.06. The van der Waals surface area contributed by atoms with E-state index in [-0.39, 0.29) is 12.3 Å². The summed E-state index contributed by atoms with van der Waals surface area (Å²) in [5.74, 6) is 0.213. The lowest BCUT2D eigenvalue weighted by atomic mass is 9.78. The van der Waals surface area contributed by atoms with Gasteiger partial charge in [-0.2, -0.15) is 0 Å². The van der Waals surface area contributed by atoms with Gasteiger partial charge in [-0.25, -0.2) is 0 Å². The number of hydrogen-bond acceptors (Lipinski definition) is 2. The van der Waals surface area contributed by atoms with E-state index in [2.05, 4.69) is 4.90 Å². The van der Waals surface area contributed by atoms with Gasteiger partial charge in [-0.05, 0) is 44.4 Å². The Morgan fingerprint density at radius 1 is 1.00 bits per heavy atom. The van der Waals surface area contributed by atoms with Crippen LogP contribution in [0.4, 0.5) is 0 Å². The number of piperidine rings is 1. The first-order valence-electron chi connectivity index (χ1n) is 7.70. The number of rotatable bonds is 5. The third-order valence-corrected chi connectivity index (χ3v) is 4.59. The Morgan fingerprint density at radius 3 is 2.47 bits per heavy atom. The predicted molar refractivity (Wildman–Crippen MR) is 72.8 cm³/mol. The summed E-state index contributed by atoms with van der Waals surface area (Å²) in [6.07, 6.45) is 9.48. The Bertz CT molecular complexity index is 327. The predicted octanol–water partition coefficient (Wildman–Crippen LogP) is 2.81. The summed E-state index contributed by atoms with van der Waals surface area (Å²) in [6, 6.07) is 0.481. The molecule has 1 aliphatic heterocycles. The van der Waals surface area contributed by atoms with Crippen LogP contribution in [0.2, 0.25) is 0 Å². The minimum absolute atomic E-state index is 0.180. The number of likely N-dealkylation sites (tertiary alicyclic amines) is 1. The van der Waals surface area contributed by atoms with Crippen LogP contribution >= 0.6 is 0 Å². The molecule has 1 saturated carbocycles. The van der Waals surface area contributed by atoms with Crippen LogP contribution in [0, 0.1) is 5.92 Å². The number of nitrogens with zero attached hydrogens (tertiary/aromatic N) is 1. The van der Waals surface area contributed by atoms with Crippen molar-refractivity contribution in [1.82, 2.24) is 4.90 Å². The van der Waals surface area contributed by atoms with Gasteiger partial charge in [0.1, 0.15) is 0 Å². The molecule has 19 heavy (non-hydrogen) atoms. The van der Waals surface area contributed by atoms with E-state index in [1.165, 1.54) is 32.1 Å². The maximum Gasteiger partial charge on any atom is 0.303 e. The van der Waals surface area contributed by atoms with Gasteiger partial charge in [-0.1, -0.05) is 12.8 Å². The SMILES string of the molecule is O=C(O)CCCCC(=O)N1CCC[C@H]2CCCC[C@H]21. The van der Waals surface area contributed by atoms with Crippen molar-refractivity contribution in [2.75, 3.05) is 6.54 Å². The van der Waals surface area contributed by atoms with Gasteiger partial charge in [0.15, 0.2) is 0 Å². The van der Waals surface area contributed by atoms with Crippen molar-refractivity contribution >= 4 is 11.9 Å². The lowest BCUT2D eigenvalue weighted by Crippen LogP contribution is -2.49. The number of hydrogen-bond donors (Lipinski definition) is 1. The van der Waals surface area contributed by atoms with E-state index in [4.69, 9.17) is 5.11 Å². The number of amides is 1. The highest BCUT2D eigenvalue weighted by atomic mass is 16.4. The second kappa shape index (κ2) is 6.92. The summed E-state index contributed by atoms with van der Waals surface area (Å²) in [5.41, 5.74) is 0. The van der Waals surface area contributed by atoms with E-state index in [0.717, 1.165) is 18.9 Å². The number of carbonyl (C=O) groups excluding carboxylic acids is 1. The fourth-order valence-corrected chi connectivity index (χ4v) is 3.63. The normalized spacial score (nSPS) is 26.8. The molecule has 1 amide bonds. The van der Waals surface area contributed by atoms with Gasteiger partial charge in [-0.15, -0.1) is 0 Å². The fourth-order valence-electron chi connectivity index (χ4n) is 3.63. The zero-order valence-corrected chi connectivity index (χ0v) is 11.6. The van der Waals surface area contributed by atoms with Crippen molar-refractivity contribution in [3.63, 3.8) is 0 Å². The van der Waals surface area contributed by atoms with E-state index in [9.17, 15) is 9.59 Å². The molecule has 2 aliphatic rings. The number of carbonyl (C=O) groups is 2. The zero-order valence-electron chi connectivity index (χ0n) is 11.6. The Balaban J connectivity index is 1.78. The molecule has 4 nitrogen and oxygen atoms in total. The van der Waals surface area contributed by atoms with Crippen molar-refractivity contribution in [1.29, 1.82) is 0 Å². The van der Waals surface area contributed by atoms with Gasteiger partial charge in [-0.3, -0.25) is 9.59 Å². The molecule has 4 heteroatoms. The topological polar surface area (TPSA) is 57.6 Å². The standard InChI is InChI=1S/C15H25NO3/c17-14(9-3-4-10-15(18)19)16-11-5-7-12-6-1-2-8-13(12)16/h12-13H,1-11H2,(H,18,19)/t12-,13-/m1/s1. The summed E-state index contributed by atoms with van der Waals surface area (Å²) in [4.78, 5) is 24.8. The monoisotopic (exact) mass is 267 g/mol. The van der Waals surface area contributed by atoms with Crippen molar-refractivity contribution in [3.8, 4) is 0 Å². The molecular weight excluding hydrogens is 242 g/mol. The molecule has 0 aromatic carbocycles. The van der Waals surface area contributed by atoms with Gasteiger partial charge in [0.25, 0.3) is 0 Å². The molecular formula is C15H25NO3. The maximum atomic E-state index is 12.3. The first kappa shape index (κ1) is 14.4. The average Bonchev–Trinajstić information content (AvgIpc) is 2.42. The Morgan fingerprint density at radius 2 is 1.68 bits per heavy atom. The minimum Gasteiger partial charge on any atom is -0.481 e. The molecule has 0 unspecified atom stereocenters. The zero-order chi connectivity index (χ0) is 13.7. The number of carboxylic acids is 1. The van der Waals surface area contributed by atoms with Gasteiger partial charge in [0.05, 0.1) is 0 Å². The van der Waals surface area contributed by atoms with Gasteiger partial charge >= 0.3 is 5.97 Å². The van der Waals surface area contributed by atoms with Gasteiger partial charge < -0.3 is 10.0 Å². The number of unbranched alkanes of at least 4 members (excludes halogenated alkanes) is 1. The molecule has 2 atom stereocenters. The number of fused-ring (bicyclic) bond motifs is 1. The summed E-state index contributed by atoms with van der Waals surface area (Å²) in [5, 5.41) is 8.59. The summed E-state index contributed by atoms with van der Waals surface area (Å²) in [7, 11) is 0. The van der Waals surface area contributed by atoms with Crippen LogP contribution in [-0.4, -0.2) is 34.5 Å². The lowest BCUT2D eigenvalue weighted by Gasteiger charge is -2.44. The fraction of sp³-hybridized carbons (Fsp3) is 0.867. The molecule has 2 fully saturated rings. The van der Waals surface area contributed by atoms with Crippen molar-refractivity contribution in [2.45, 2.75) is 70.3 Å². The minimum atomic E-state index is -0.766. The molecule has 1 saturated heterocycles. The van der Waals surface area contributed by atoms with Crippen molar-refractivity contribution < 1.29 is 14.7 Å². The molecule has 0 spiro atoms. The molecule has 1 N–H and O–H groups in total. The molecule has 108 valence electrons. The molecule has 1 aliphatic carbocycles. The quantitative estimate of drug-likeness (QED) is 0.779. The van der Waals surface area contributed by atoms with E-state index in [1.54, 1.807) is 0 Å². The van der Waals surface area contributed by atoms with Crippen LogP contribution in [0.1, 0.15) is 64.2 Å². The molecule has 0 aromatic heterocycles. The highest BCUT2D eigenvalue weighted by molar-refractivity contribution is 5.76. The number of carboxylic acid groups (broad SMARTS) is 1. The molecule has 2 rings (SSSR count). The lowest BCUT2D eigenvalue weighted by molar-refractivity contribution is -0.139. The average molecular weight is 267 g/mol. The second-order valence-corrected chi connectivity index (χ2v) is 5.94. The van der Waals surface area contributed by atoms with Crippen molar-refractivity contribution in [3.05, 3.63) is 0 Å². The first-order chi connectivity index (χ1) is 9.18. The smallest absolute Gasteiger partial charge is 0.303 e. The van der Waals surface area contributed by atoms with E-state index >= 15 is 0 Å².